The van der Waals surface area contributed by atoms with Gasteiger partial charge in [0.25, 0.3) is 5.91 Å². The minimum absolute atomic E-state index is 0.0141. The van der Waals surface area contributed by atoms with Crippen LogP contribution >= 0.6 is 34.5 Å². The molecule has 1 aromatic heterocycles. The second kappa shape index (κ2) is 5.72. The van der Waals surface area contributed by atoms with Crippen molar-refractivity contribution in [2.75, 3.05) is 6.54 Å². The maximum Gasteiger partial charge on any atom is 0.273 e. The van der Waals surface area contributed by atoms with Crippen LogP contribution in [0.15, 0.2) is 29.1 Å². The lowest BCUT2D eigenvalue weighted by molar-refractivity contribution is 0.0730. The average Bonchev–Trinajstić information content (AvgIpc) is 3.11. The minimum atomic E-state index is -0.0141. The smallest absolute Gasteiger partial charge is 0.273 e. The van der Waals surface area contributed by atoms with Crippen molar-refractivity contribution < 1.29 is 4.79 Å². The van der Waals surface area contributed by atoms with Crippen LogP contribution in [0.5, 0.6) is 0 Å². The number of aromatic nitrogens is 1. The van der Waals surface area contributed by atoms with Gasteiger partial charge in [-0.1, -0.05) is 29.3 Å². The largest absolute Gasteiger partial charge is 0.330 e. The predicted molar refractivity (Wildman–Crippen MR) is 81.6 cm³/mol. The number of hydrogen-bond acceptors (Lipinski definition) is 3. The number of carbonyl (C=O) groups excluding carboxylic acids is 1. The number of halogens is 2. The third kappa shape index (κ3) is 2.55. The van der Waals surface area contributed by atoms with Crippen LogP contribution in [0.2, 0.25) is 10.0 Å². The van der Waals surface area contributed by atoms with Gasteiger partial charge in [-0.15, -0.1) is 11.3 Å². The molecule has 0 spiro atoms. The molecule has 1 aromatic carbocycles. The molecule has 104 valence electrons. The van der Waals surface area contributed by atoms with E-state index >= 15 is 0 Å². The van der Waals surface area contributed by atoms with E-state index < -0.39 is 0 Å². The van der Waals surface area contributed by atoms with Gasteiger partial charge in [0.1, 0.15) is 5.69 Å². The first-order valence-corrected chi connectivity index (χ1v) is 8.01. The summed E-state index contributed by atoms with van der Waals surface area (Å²) >= 11 is 13.5. The number of benzene rings is 1. The Morgan fingerprint density at radius 2 is 2.20 bits per heavy atom. The van der Waals surface area contributed by atoms with Gasteiger partial charge in [0.2, 0.25) is 0 Å². The Bertz CT molecular complexity index is 630. The van der Waals surface area contributed by atoms with E-state index in [9.17, 15) is 4.79 Å². The first kappa shape index (κ1) is 13.9. The van der Waals surface area contributed by atoms with E-state index in [4.69, 9.17) is 23.2 Å². The Balaban J connectivity index is 1.88. The average molecular weight is 327 g/mol. The number of hydrogen-bond donors (Lipinski definition) is 0. The monoisotopic (exact) mass is 326 g/mol. The molecular formula is C14H12Cl2N2OS. The summed E-state index contributed by atoms with van der Waals surface area (Å²) in [4.78, 5) is 18.4. The van der Waals surface area contributed by atoms with Crippen molar-refractivity contribution in [1.29, 1.82) is 0 Å². The fourth-order valence-corrected chi connectivity index (χ4v) is 3.37. The van der Waals surface area contributed by atoms with Crippen molar-refractivity contribution >= 4 is 40.4 Å². The van der Waals surface area contributed by atoms with Crippen LogP contribution in [0, 0.1) is 0 Å². The molecule has 1 aliphatic heterocycles. The number of thiazole rings is 1. The van der Waals surface area contributed by atoms with E-state index in [0.717, 1.165) is 24.9 Å². The van der Waals surface area contributed by atoms with E-state index in [2.05, 4.69) is 4.98 Å². The molecule has 1 atom stereocenters. The normalized spacial score (nSPS) is 18.5. The number of amides is 1. The lowest BCUT2D eigenvalue weighted by Gasteiger charge is -2.24. The molecule has 6 heteroatoms. The van der Waals surface area contributed by atoms with E-state index in [1.54, 1.807) is 17.0 Å². The summed E-state index contributed by atoms with van der Waals surface area (Å²) in [6, 6.07) is 5.62. The Morgan fingerprint density at radius 1 is 1.35 bits per heavy atom. The first-order valence-electron chi connectivity index (χ1n) is 6.31. The van der Waals surface area contributed by atoms with Gasteiger partial charge in [-0.25, -0.2) is 4.98 Å². The molecule has 0 bridgehead atoms. The minimum Gasteiger partial charge on any atom is -0.330 e. The predicted octanol–water partition coefficient (Wildman–Crippen LogP) is 4.43. The van der Waals surface area contributed by atoms with Crippen LogP contribution in [0.4, 0.5) is 0 Å². The summed E-state index contributed by atoms with van der Waals surface area (Å²) in [5, 5.41) is 2.84. The van der Waals surface area contributed by atoms with E-state index in [-0.39, 0.29) is 11.9 Å². The van der Waals surface area contributed by atoms with Crippen LogP contribution in [0.25, 0.3) is 0 Å². The fraction of sp³-hybridized carbons (Fsp3) is 0.286. The second-order valence-electron chi connectivity index (χ2n) is 4.70. The summed E-state index contributed by atoms with van der Waals surface area (Å²) in [6.45, 7) is 0.751. The highest BCUT2D eigenvalue weighted by Crippen LogP contribution is 2.35. The molecule has 1 amide bonds. The SMILES string of the molecule is O=C(c1cscn1)N1CCCC1c1ccc(Cl)c(Cl)c1. The Morgan fingerprint density at radius 3 is 2.90 bits per heavy atom. The van der Waals surface area contributed by atoms with Gasteiger partial charge >= 0.3 is 0 Å². The molecule has 1 aliphatic rings. The van der Waals surface area contributed by atoms with Crippen molar-refractivity contribution in [3.05, 3.63) is 50.4 Å². The van der Waals surface area contributed by atoms with Crippen molar-refractivity contribution in [2.45, 2.75) is 18.9 Å². The van der Waals surface area contributed by atoms with Gasteiger partial charge in [0.15, 0.2) is 0 Å². The number of nitrogens with zero attached hydrogens (tertiary/aromatic N) is 2. The third-order valence-corrected chi connectivity index (χ3v) is 4.82. The summed E-state index contributed by atoms with van der Waals surface area (Å²) in [5.74, 6) is -0.0141. The molecule has 1 unspecified atom stereocenters. The zero-order valence-electron chi connectivity index (χ0n) is 10.6. The Labute approximate surface area is 131 Å². The quantitative estimate of drug-likeness (QED) is 0.818. The molecular weight excluding hydrogens is 315 g/mol. The zero-order chi connectivity index (χ0) is 14.1. The van der Waals surface area contributed by atoms with E-state index in [1.165, 1.54) is 11.3 Å². The lowest BCUT2D eigenvalue weighted by Crippen LogP contribution is -2.30. The van der Waals surface area contributed by atoms with Crippen molar-refractivity contribution in [2.24, 2.45) is 0 Å². The topological polar surface area (TPSA) is 33.2 Å². The molecule has 0 saturated carbocycles. The van der Waals surface area contributed by atoms with Gasteiger partial charge in [-0.3, -0.25) is 4.79 Å². The van der Waals surface area contributed by atoms with Gasteiger partial charge in [-0.05, 0) is 30.5 Å². The standard InChI is InChI=1S/C14H12Cl2N2OS/c15-10-4-3-9(6-11(10)16)13-2-1-5-18(13)14(19)12-7-20-8-17-12/h3-4,6-8,13H,1-2,5H2. The number of rotatable bonds is 2. The molecule has 20 heavy (non-hydrogen) atoms. The molecule has 3 nitrogen and oxygen atoms in total. The van der Waals surface area contributed by atoms with Gasteiger partial charge < -0.3 is 4.90 Å². The van der Waals surface area contributed by atoms with Crippen LogP contribution in [0.3, 0.4) is 0 Å². The number of likely N-dealkylation sites (tertiary alicyclic amines) is 1. The molecule has 2 heterocycles. The molecule has 3 rings (SSSR count). The van der Waals surface area contributed by atoms with Gasteiger partial charge in [0, 0.05) is 11.9 Å². The van der Waals surface area contributed by atoms with Crippen LogP contribution in [-0.2, 0) is 0 Å². The molecule has 0 radical (unpaired) electrons. The van der Waals surface area contributed by atoms with Gasteiger partial charge in [0.05, 0.1) is 21.6 Å². The maximum atomic E-state index is 12.5. The van der Waals surface area contributed by atoms with E-state index in [0.29, 0.717) is 15.7 Å². The lowest BCUT2D eigenvalue weighted by atomic mass is 10.0. The number of carbonyl (C=O) groups is 1. The summed E-state index contributed by atoms with van der Waals surface area (Å²) in [5.41, 5.74) is 3.22. The highest BCUT2D eigenvalue weighted by molar-refractivity contribution is 7.07. The van der Waals surface area contributed by atoms with Crippen molar-refractivity contribution in [1.82, 2.24) is 9.88 Å². The van der Waals surface area contributed by atoms with Crippen LogP contribution < -0.4 is 0 Å². The molecule has 0 N–H and O–H groups in total. The zero-order valence-corrected chi connectivity index (χ0v) is 12.9. The maximum absolute atomic E-state index is 12.5. The highest BCUT2D eigenvalue weighted by Gasteiger charge is 2.31. The molecule has 1 fully saturated rings. The first-order chi connectivity index (χ1) is 9.66. The second-order valence-corrected chi connectivity index (χ2v) is 6.24. The Kier molecular flexibility index (Phi) is 3.96. The van der Waals surface area contributed by atoms with Crippen LogP contribution in [-0.4, -0.2) is 22.3 Å². The molecule has 2 aromatic rings. The summed E-state index contributed by atoms with van der Waals surface area (Å²) in [7, 11) is 0. The fourth-order valence-electron chi connectivity index (χ4n) is 2.54. The van der Waals surface area contributed by atoms with Crippen molar-refractivity contribution in [3.8, 4) is 0 Å². The van der Waals surface area contributed by atoms with Gasteiger partial charge in [-0.2, -0.15) is 0 Å². The van der Waals surface area contributed by atoms with Crippen LogP contribution in [0.1, 0.15) is 34.9 Å². The summed E-state index contributed by atoms with van der Waals surface area (Å²) in [6.07, 6.45) is 1.93. The van der Waals surface area contributed by atoms with Crippen molar-refractivity contribution in [3.63, 3.8) is 0 Å². The van der Waals surface area contributed by atoms with E-state index in [1.807, 2.05) is 17.0 Å². The highest BCUT2D eigenvalue weighted by atomic mass is 35.5. The Hall–Kier alpha value is -1.10. The molecule has 0 aliphatic carbocycles. The third-order valence-electron chi connectivity index (χ3n) is 3.49. The summed E-state index contributed by atoms with van der Waals surface area (Å²) < 4.78 is 0. The molecule has 1 saturated heterocycles.